The average Bonchev–Trinajstić information content (AvgIpc) is 3.90. The molecule has 5 aromatic rings. The topological polar surface area (TPSA) is 154 Å². The quantitative estimate of drug-likeness (QED) is 0.0807. The van der Waals surface area contributed by atoms with Gasteiger partial charge in [0.2, 0.25) is 5.91 Å². The number of aromatic carboxylic acids is 1. The fraction of sp³-hybridized carbons (Fsp3) is 0.500. The highest BCUT2D eigenvalue weighted by molar-refractivity contribution is 7.22. The molecule has 4 bridgehead atoms. The first-order valence-corrected chi connectivity index (χ1v) is 24.9. The summed E-state index contributed by atoms with van der Waals surface area (Å²) in [6.45, 7) is 7.94. The number of ketones is 1. The van der Waals surface area contributed by atoms with Crippen LogP contribution < -0.4 is 15.0 Å². The lowest BCUT2D eigenvalue weighted by Crippen LogP contribution is -2.55. The largest absolute Gasteiger partial charge is 0.491 e. The molecule has 2 N–H and O–H groups in total. The van der Waals surface area contributed by atoms with Gasteiger partial charge in [-0.3, -0.25) is 9.69 Å². The second kappa shape index (κ2) is 18.3. The Kier molecular flexibility index (Phi) is 12.3. The molecule has 4 aliphatic carbocycles. The van der Waals surface area contributed by atoms with E-state index in [1.807, 2.05) is 41.0 Å². The number of piperazine rings is 1. The van der Waals surface area contributed by atoms with E-state index in [1.54, 1.807) is 30.4 Å². The molecule has 2 atom stereocenters. The lowest BCUT2D eigenvalue weighted by atomic mass is 9.42. The van der Waals surface area contributed by atoms with Crippen LogP contribution in [0.4, 0.5) is 26.3 Å². The van der Waals surface area contributed by atoms with Crippen LogP contribution in [0, 0.1) is 47.2 Å². The van der Waals surface area contributed by atoms with E-state index < -0.39 is 11.8 Å². The van der Waals surface area contributed by atoms with Crippen LogP contribution in [0.2, 0.25) is 0 Å². The number of carbonyl (C=O) groups excluding carboxylic acids is 2. The first-order chi connectivity index (χ1) is 31.9. The van der Waals surface area contributed by atoms with Gasteiger partial charge in [0.1, 0.15) is 5.78 Å². The van der Waals surface area contributed by atoms with Gasteiger partial charge in [-0.25, -0.2) is 19.2 Å². The average molecular weight is 931 g/mol. The highest BCUT2D eigenvalue weighted by Crippen LogP contribution is 2.67. The predicted molar refractivity (Wildman–Crippen MR) is 254 cm³/mol. The van der Waals surface area contributed by atoms with Crippen molar-refractivity contribution in [1.82, 2.24) is 30.0 Å². The van der Waals surface area contributed by atoms with E-state index in [1.165, 1.54) is 36.7 Å². The van der Waals surface area contributed by atoms with E-state index >= 15 is 4.39 Å². The summed E-state index contributed by atoms with van der Waals surface area (Å²) in [7, 11) is 0. The molecular formula is C50H55FN8O5S2. The Morgan fingerprint density at radius 1 is 0.970 bits per heavy atom. The number of para-hydroxylation sites is 1. The fourth-order valence-electron chi connectivity index (χ4n) is 12.2. The Morgan fingerprint density at radius 2 is 1.74 bits per heavy atom. The second-order valence-electron chi connectivity index (χ2n) is 19.5. The molecule has 5 fully saturated rings. The number of aromatic nitrogens is 4. The van der Waals surface area contributed by atoms with Crippen LogP contribution in [0.1, 0.15) is 103 Å². The lowest BCUT2D eigenvalue weighted by Gasteiger charge is -2.62. The second-order valence-corrected chi connectivity index (χ2v) is 21.6. The number of ether oxygens (including phenoxy) is 1. The van der Waals surface area contributed by atoms with E-state index in [0.29, 0.717) is 90.9 Å². The van der Waals surface area contributed by atoms with E-state index in [4.69, 9.17) is 4.74 Å². The number of halogens is 1. The van der Waals surface area contributed by atoms with Gasteiger partial charge in [0.05, 0.1) is 23.4 Å². The van der Waals surface area contributed by atoms with Gasteiger partial charge in [-0.1, -0.05) is 35.3 Å². The summed E-state index contributed by atoms with van der Waals surface area (Å²) >= 11 is 2.88. The van der Waals surface area contributed by atoms with Crippen molar-refractivity contribution in [2.75, 3.05) is 56.1 Å². The van der Waals surface area contributed by atoms with Crippen LogP contribution in [-0.2, 0) is 22.4 Å². The maximum Gasteiger partial charge on any atom is 0.355 e. The first kappa shape index (κ1) is 44.3. The lowest BCUT2D eigenvalue weighted by molar-refractivity contribution is -0.151. The molecule has 4 saturated carbocycles. The third-order valence-electron chi connectivity index (χ3n) is 14.5. The minimum atomic E-state index is -1.10. The maximum absolute atomic E-state index is 15.2. The third-order valence-corrected chi connectivity index (χ3v) is 16.6. The molecule has 11 rings (SSSR count). The van der Waals surface area contributed by atoms with Crippen LogP contribution in [-0.4, -0.2) is 98.6 Å². The molecule has 0 spiro atoms. The van der Waals surface area contributed by atoms with Gasteiger partial charge in [-0.2, -0.15) is 0 Å². The monoisotopic (exact) mass is 930 g/mol. The molecule has 1 amide bonds. The van der Waals surface area contributed by atoms with E-state index in [2.05, 4.69) is 42.2 Å². The Balaban J connectivity index is 0.693. The van der Waals surface area contributed by atoms with Crippen molar-refractivity contribution in [3.05, 3.63) is 75.5 Å². The van der Waals surface area contributed by atoms with Crippen LogP contribution in [0.15, 0.2) is 42.5 Å². The van der Waals surface area contributed by atoms with Gasteiger partial charge in [-0.15, -0.1) is 21.5 Å². The summed E-state index contributed by atoms with van der Waals surface area (Å²) in [4.78, 5) is 54.3. The zero-order valence-electron chi connectivity index (χ0n) is 37.5. The number of amides is 1. The van der Waals surface area contributed by atoms with E-state index in [0.717, 1.165) is 71.7 Å². The van der Waals surface area contributed by atoms with Crippen LogP contribution in [0.5, 0.6) is 5.75 Å². The van der Waals surface area contributed by atoms with Gasteiger partial charge in [0, 0.05) is 67.1 Å². The number of carbonyl (C=O) groups is 3. The molecular weight excluding hydrogens is 876 g/mol. The standard InChI is InChI=1S/C50H55FN8O5S2/c1-31(60)24-49-25-34-22-35(26-49)28-50(27-34,30-49)29-42(61)58-19-17-57(18-20-58)15-5-8-33-13-14-39(37(51)23-33)64-21-7-12-41-43(46(62)63)53-48(66-41)59-16-6-9-36-32(2)44(55-56-45(36)59)54-47-52-38-10-3-4-11-40(38)65-47/h3-4,10-11,13-14,23,34-35H,6-7,9,12,15-22,24-30H2,1-2H3,(H,62,63)(H,52,54,55). The summed E-state index contributed by atoms with van der Waals surface area (Å²) in [6, 6.07) is 12.7. The number of hydrogen-bond donors (Lipinski definition) is 2. The van der Waals surface area contributed by atoms with Crippen LogP contribution >= 0.6 is 22.7 Å². The van der Waals surface area contributed by atoms with E-state index in [-0.39, 0.29) is 40.6 Å². The summed E-state index contributed by atoms with van der Waals surface area (Å²) in [5.74, 6) is 7.97. The smallest absolute Gasteiger partial charge is 0.355 e. The number of Topliss-reactive ketones (excluding diaryl/α,β-unsaturated/α-hetero) is 1. The number of nitrogens with zero attached hydrogens (tertiary/aromatic N) is 7. The van der Waals surface area contributed by atoms with Gasteiger partial charge in [0.15, 0.2) is 39.2 Å². The Morgan fingerprint density at radius 3 is 2.48 bits per heavy atom. The molecule has 1 saturated heterocycles. The van der Waals surface area contributed by atoms with Crippen molar-refractivity contribution < 1.29 is 28.6 Å². The molecule has 344 valence electrons. The SMILES string of the molecule is CC(=O)CC12CC3CC(C1)CC(CC(=O)N1CCN(CC#Cc4ccc(OCCCc5sc(N6CCCc7c6nnc(Nc6nc8ccccc8s6)c7C)nc5C(=O)O)c(F)c4)CC1)(C3)C2. The van der Waals surface area contributed by atoms with Crippen molar-refractivity contribution in [2.45, 2.75) is 90.9 Å². The van der Waals surface area contributed by atoms with Gasteiger partial charge < -0.3 is 29.8 Å². The molecule has 2 aliphatic heterocycles. The number of rotatable bonds is 14. The number of fused-ring (bicyclic) bond motifs is 2. The zero-order chi connectivity index (χ0) is 45.6. The molecule has 5 heterocycles. The third kappa shape index (κ3) is 9.26. The number of carboxylic acid groups (broad SMARTS) is 1. The molecule has 3 aromatic heterocycles. The highest BCUT2D eigenvalue weighted by atomic mass is 32.1. The molecule has 2 aromatic carbocycles. The fourth-order valence-corrected chi connectivity index (χ4v) is 14.2. The van der Waals surface area contributed by atoms with Crippen LogP contribution in [0.25, 0.3) is 10.2 Å². The minimum Gasteiger partial charge on any atom is -0.491 e. The number of benzene rings is 2. The molecule has 66 heavy (non-hydrogen) atoms. The summed E-state index contributed by atoms with van der Waals surface area (Å²) < 4.78 is 22.1. The number of nitrogens with one attached hydrogen (secondary N) is 1. The van der Waals surface area contributed by atoms with E-state index in [9.17, 15) is 19.5 Å². The number of aryl methyl sites for hydroxylation is 1. The van der Waals surface area contributed by atoms with Gasteiger partial charge >= 0.3 is 5.97 Å². The Labute approximate surface area is 392 Å². The normalized spacial score (nSPS) is 23.4. The maximum atomic E-state index is 15.2. The zero-order valence-corrected chi connectivity index (χ0v) is 39.2. The molecule has 6 aliphatic rings. The van der Waals surface area contributed by atoms with Gasteiger partial charge in [-0.05, 0) is 131 Å². The Hall–Kier alpha value is -5.50. The van der Waals surface area contributed by atoms with Crippen molar-refractivity contribution in [2.24, 2.45) is 22.7 Å². The summed E-state index contributed by atoms with van der Waals surface area (Å²) in [5.41, 5.74) is 3.66. The summed E-state index contributed by atoms with van der Waals surface area (Å²) in [6.07, 6.45) is 10.7. The predicted octanol–water partition coefficient (Wildman–Crippen LogP) is 8.98. The van der Waals surface area contributed by atoms with Crippen molar-refractivity contribution in [3.8, 4) is 17.6 Å². The van der Waals surface area contributed by atoms with Crippen molar-refractivity contribution in [1.29, 1.82) is 0 Å². The Bertz CT molecular complexity index is 2710. The number of hydrogen-bond acceptors (Lipinski definition) is 13. The summed E-state index contributed by atoms with van der Waals surface area (Å²) in [5, 5.41) is 23.8. The molecule has 2 unspecified atom stereocenters. The van der Waals surface area contributed by atoms with Crippen molar-refractivity contribution >= 4 is 72.4 Å². The first-order valence-electron chi connectivity index (χ1n) is 23.3. The molecule has 13 nitrogen and oxygen atoms in total. The number of anilines is 4. The molecule has 0 radical (unpaired) electrons. The highest BCUT2D eigenvalue weighted by Gasteiger charge is 2.58. The minimum absolute atomic E-state index is 0.00130. The van der Waals surface area contributed by atoms with Crippen LogP contribution in [0.3, 0.4) is 0 Å². The molecule has 16 heteroatoms. The van der Waals surface area contributed by atoms with Gasteiger partial charge in [0.25, 0.3) is 0 Å². The number of carboxylic acids is 1. The number of thiazole rings is 2. The van der Waals surface area contributed by atoms with Crippen molar-refractivity contribution in [3.63, 3.8) is 0 Å².